The molecule has 10 heteroatoms. The van der Waals surface area contributed by atoms with E-state index in [0.29, 0.717) is 58.7 Å². The number of nitrogens with one attached hydrogen (secondary N) is 2. The van der Waals surface area contributed by atoms with Crippen LogP contribution in [0.25, 0.3) is 0 Å². The van der Waals surface area contributed by atoms with Gasteiger partial charge in [-0.1, -0.05) is 18.2 Å². The fraction of sp³-hybridized carbons (Fsp3) is 0.346. The molecule has 2 heterocycles. The molecule has 0 unspecified atom stereocenters. The number of hydrogen-bond acceptors (Lipinski definition) is 8. The van der Waals surface area contributed by atoms with Gasteiger partial charge in [-0.25, -0.2) is 4.68 Å². The van der Waals surface area contributed by atoms with Gasteiger partial charge in [-0.05, 0) is 49.6 Å². The van der Waals surface area contributed by atoms with E-state index in [2.05, 4.69) is 15.6 Å². The van der Waals surface area contributed by atoms with Crippen molar-refractivity contribution < 1.29 is 24.1 Å². The molecule has 0 spiro atoms. The molecule has 190 valence electrons. The quantitative estimate of drug-likeness (QED) is 0.415. The number of aliphatic hydroxyl groups is 1. The molecule has 0 radical (unpaired) electrons. The Labute approximate surface area is 209 Å². The van der Waals surface area contributed by atoms with Gasteiger partial charge in [-0.15, -0.1) is 0 Å². The van der Waals surface area contributed by atoms with Crippen LogP contribution in [0, 0.1) is 6.92 Å². The van der Waals surface area contributed by atoms with Crippen LogP contribution in [0.4, 0.5) is 11.6 Å². The van der Waals surface area contributed by atoms with E-state index in [1.165, 1.54) is 0 Å². The number of methoxy groups -OCH3 is 3. The molecule has 1 aromatic heterocycles. The molecule has 0 bridgehead atoms. The van der Waals surface area contributed by atoms with E-state index in [1.54, 1.807) is 26.0 Å². The summed E-state index contributed by atoms with van der Waals surface area (Å²) in [5.74, 6) is 2.18. The first-order valence-electron chi connectivity index (χ1n) is 11.6. The van der Waals surface area contributed by atoms with E-state index in [0.717, 1.165) is 11.3 Å². The van der Waals surface area contributed by atoms with Crippen LogP contribution in [-0.4, -0.2) is 53.7 Å². The number of aromatic nitrogens is 3. The molecular formula is C26H31N5O5. The van der Waals surface area contributed by atoms with Crippen molar-refractivity contribution in [1.29, 1.82) is 0 Å². The number of rotatable bonds is 9. The zero-order chi connectivity index (χ0) is 25.8. The van der Waals surface area contributed by atoms with E-state index < -0.39 is 6.04 Å². The molecule has 1 aliphatic heterocycles. The van der Waals surface area contributed by atoms with Gasteiger partial charge in [-0.3, -0.25) is 4.79 Å². The second-order valence-electron chi connectivity index (χ2n) is 8.42. The number of para-hydroxylation sites is 1. The van der Waals surface area contributed by atoms with Gasteiger partial charge < -0.3 is 30.0 Å². The van der Waals surface area contributed by atoms with Gasteiger partial charge in [0, 0.05) is 24.4 Å². The molecule has 36 heavy (non-hydrogen) atoms. The Morgan fingerprint density at radius 3 is 2.42 bits per heavy atom. The predicted octanol–water partition coefficient (Wildman–Crippen LogP) is 3.46. The van der Waals surface area contributed by atoms with Crippen LogP contribution in [0.5, 0.6) is 17.2 Å². The molecule has 3 aromatic rings. The average Bonchev–Trinajstić information content (AvgIpc) is 3.29. The lowest BCUT2D eigenvalue weighted by atomic mass is 9.94. The largest absolute Gasteiger partial charge is 0.493 e. The predicted molar refractivity (Wildman–Crippen MR) is 136 cm³/mol. The smallest absolute Gasteiger partial charge is 0.255 e. The second kappa shape index (κ2) is 10.7. The highest BCUT2D eigenvalue weighted by molar-refractivity contribution is 6.06. The van der Waals surface area contributed by atoms with Crippen molar-refractivity contribution in [2.45, 2.75) is 32.7 Å². The van der Waals surface area contributed by atoms with Crippen molar-refractivity contribution in [3.8, 4) is 17.2 Å². The standard InChI is InChI=1S/C26H31N5O5/c1-15-9-6-7-10-18(15)28-25(33)22-16(2)27-26-29-21(11-8-12-32)30-31(26)23(22)17-13-19(34-3)24(36-5)20(14-17)35-4/h6-7,9-10,13-14,23,32H,8,11-12H2,1-5H3,(H,28,33)(H,27,29,30)/t23-/m1/s1. The minimum Gasteiger partial charge on any atom is -0.493 e. The number of allylic oxidation sites excluding steroid dienone is 1. The third-order valence-corrected chi connectivity index (χ3v) is 6.10. The first-order chi connectivity index (χ1) is 17.4. The number of aliphatic hydroxyl groups excluding tert-OH is 1. The van der Waals surface area contributed by atoms with E-state index in [9.17, 15) is 9.90 Å². The lowest BCUT2D eigenvalue weighted by Crippen LogP contribution is -2.31. The third-order valence-electron chi connectivity index (χ3n) is 6.10. The van der Waals surface area contributed by atoms with Crippen molar-refractivity contribution in [1.82, 2.24) is 14.8 Å². The van der Waals surface area contributed by atoms with Crippen LogP contribution < -0.4 is 24.8 Å². The highest BCUT2D eigenvalue weighted by atomic mass is 16.5. The summed E-state index contributed by atoms with van der Waals surface area (Å²) >= 11 is 0. The Balaban J connectivity index is 1.86. The molecule has 0 aliphatic carbocycles. The van der Waals surface area contributed by atoms with E-state index in [-0.39, 0.29) is 12.5 Å². The molecule has 2 aromatic carbocycles. The summed E-state index contributed by atoms with van der Waals surface area (Å²) in [7, 11) is 4.63. The van der Waals surface area contributed by atoms with Crippen molar-refractivity contribution in [3.05, 3.63) is 64.6 Å². The highest BCUT2D eigenvalue weighted by Crippen LogP contribution is 2.44. The van der Waals surface area contributed by atoms with Crippen molar-refractivity contribution >= 4 is 17.5 Å². The molecule has 0 fully saturated rings. The Kier molecular flexibility index (Phi) is 7.44. The molecule has 1 amide bonds. The third kappa shape index (κ3) is 4.72. The van der Waals surface area contributed by atoms with Crippen molar-refractivity contribution in [2.75, 3.05) is 38.6 Å². The first-order valence-corrected chi connectivity index (χ1v) is 11.6. The molecule has 3 N–H and O–H groups in total. The maximum atomic E-state index is 13.7. The number of carbonyl (C=O) groups is 1. The van der Waals surface area contributed by atoms with Gasteiger partial charge >= 0.3 is 0 Å². The fourth-order valence-corrected chi connectivity index (χ4v) is 4.30. The summed E-state index contributed by atoms with van der Waals surface area (Å²) < 4.78 is 18.3. The van der Waals surface area contributed by atoms with Gasteiger partial charge in [0.1, 0.15) is 6.04 Å². The van der Waals surface area contributed by atoms with E-state index in [4.69, 9.17) is 19.3 Å². The summed E-state index contributed by atoms with van der Waals surface area (Å²) in [4.78, 5) is 18.3. The maximum absolute atomic E-state index is 13.7. The number of benzene rings is 2. The number of ether oxygens (including phenoxy) is 3. The number of nitrogens with zero attached hydrogens (tertiary/aromatic N) is 3. The zero-order valence-electron chi connectivity index (χ0n) is 21.1. The minimum absolute atomic E-state index is 0.0367. The minimum atomic E-state index is -0.630. The summed E-state index contributed by atoms with van der Waals surface area (Å²) in [6.45, 7) is 3.81. The number of carbonyl (C=O) groups excluding carboxylic acids is 1. The molecule has 4 rings (SSSR count). The van der Waals surface area contributed by atoms with Crippen molar-refractivity contribution in [2.24, 2.45) is 0 Å². The summed E-state index contributed by atoms with van der Waals surface area (Å²) in [6, 6.07) is 10.6. The summed E-state index contributed by atoms with van der Waals surface area (Å²) in [5.41, 5.74) is 3.50. The number of anilines is 2. The van der Waals surface area contributed by atoms with Crippen LogP contribution in [0.1, 0.15) is 36.3 Å². The van der Waals surface area contributed by atoms with E-state index >= 15 is 0 Å². The SMILES string of the molecule is COc1cc([C@@H]2C(C(=O)Nc3ccccc3C)=C(C)Nc3nc(CCCO)nn32)cc(OC)c1OC. The molecule has 1 aliphatic rings. The Morgan fingerprint density at radius 2 is 1.81 bits per heavy atom. The lowest BCUT2D eigenvalue weighted by Gasteiger charge is -2.29. The lowest BCUT2D eigenvalue weighted by molar-refractivity contribution is -0.113. The van der Waals surface area contributed by atoms with Crippen LogP contribution in [0.3, 0.4) is 0 Å². The number of fused-ring (bicyclic) bond motifs is 1. The van der Waals surface area contributed by atoms with Gasteiger partial charge in [0.05, 0.1) is 26.9 Å². The zero-order valence-corrected chi connectivity index (χ0v) is 21.1. The van der Waals surface area contributed by atoms with E-state index in [1.807, 2.05) is 50.2 Å². The maximum Gasteiger partial charge on any atom is 0.255 e. The normalized spacial score (nSPS) is 14.7. The molecule has 0 saturated heterocycles. The van der Waals surface area contributed by atoms with Crippen LogP contribution in [0.2, 0.25) is 0 Å². The topological polar surface area (TPSA) is 120 Å². The Morgan fingerprint density at radius 1 is 1.11 bits per heavy atom. The number of aryl methyl sites for hydroxylation is 2. The highest BCUT2D eigenvalue weighted by Gasteiger charge is 2.35. The Hall–Kier alpha value is -4.05. The van der Waals surface area contributed by atoms with Crippen molar-refractivity contribution in [3.63, 3.8) is 0 Å². The van der Waals surface area contributed by atoms with Crippen LogP contribution >= 0.6 is 0 Å². The summed E-state index contributed by atoms with van der Waals surface area (Å²) in [5, 5.41) is 20.2. The van der Waals surface area contributed by atoms with Crippen LogP contribution in [0.15, 0.2) is 47.7 Å². The summed E-state index contributed by atoms with van der Waals surface area (Å²) in [6.07, 6.45) is 1.04. The fourth-order valence-electron chi connectivity index (χ4n) is 4.30. The van der Waals surface area contributed by atoms with Gasteiger partial charge in [0.25, 0.3) is 5.91 Å². The van der Waals surface area contributed by atoms with Gasteiger partial charge in [-0.2, -0.15) is 10.1 Å². The number of hydrogen-bond donors (Lipinski definition) is 3. The van der Waals surface area contributed by atoms with Crippen LogP contribution in [-0.2, 0) is 11.2 Å². The molecule has 10 nitrogen and oxygen atoms in total. The monoisotopic (exact) mass is 493 g/mol. The molecular weight excluding hydrogens is 462 g/mol. The van der Waals surface area contributed by atoms with Gasteiger partial charge in [0.2, 0.25) is 11.7 Å². The molecule has 0 saturated carbocycles. The average molecular weight is 494 g/mol. The first kappa shape index (κ1) is 25.1. The number of amides is 1. The molecule has 1 atom stereocenters. The second-order valence-corrected chi connectivity index (χ2v) is 8.42. The Bertz CT molecular complexity index is 1270. The van der Waals surface area contributed by atoms with Gasteiger partial charge in [0.15, 0.2) is 17.3 Å².